The van der Waals surface area contributed by atoms with Crippen LogP contribution in [-0.2, 0) is 11.2 Å². The molecule has 1 atom stereocenters. The molecule has 1 aliphatic rings. The van der Waals surface area contributed by atoms with Crippen LogP contribution >= 0.6 is 11.8 Å². The van der Waals surface area contributed by atoms with Crippen LogP contribution in [0.3, 0.4) is 0 Å². The number of hydrogen-bond donors (Lipinski definition) is 0. The second-order valence-corrected chi connectivity index (χ2v) is 6.89. The average Bonchev–Trinajstić information content (AvgIpc) is 3.23. The minimum atomic E-state index is 0.0741. The van der Waals surface area contributed by atoms with Crippen LogP contribution in [0, 0.1) is 0 Å². The van der Waals surface area contributed by atoms with Gasteiger partial charge in [0.05, 0.1) is 11.4 Å². The van der Waals surface area contributed by atoms with E-state index in [0.717, 1.165) is 17.8 Å². The van der Waals surface area contributed by atoms with Crippen LogP contribution < -0.4 is 4.90 Å². The summed E-state index contributed by atoms with van der Waals surface area (Å²) in [5.41, 5.74) is 3.12. The lowest BCUT2D eigenvalue weighted by Crippen LogP contribution is -2.37. The van der Waals surface area contributed by atoms with Gasteiger partial charge in [0, 0.05) is 11.7 Å². The number of carbonyl (C=O) groups excluding carboxylic acids is 1. The molecule has 7 heteroatoms. The highest BCUT2D eigenvalue weighted by molar-refractivity contribution is 7.99. The second-order valence-electron chi connectivity index (χ2n) is 5.94. The summed E-state index contributed by atoms with van der Waals surface area (Å²) in [6.45, 7) is 2.08. The molecule has 0 N–H and O–H groups in total. The van der Waals surface area contributed by atoms with Gasteiger partial charge in [0.15, 0.2) is 0 Å². The van der Waals surface area contributed by atoms with Gasteiger partial charge in [-0.25, -0.2) is 0 Å². The smallest absolute Gasteiger partial charge is 0.237 e. The number of nitrogens with zero attached hydrogens (tertiary/aromatic N) is 5. The lowest BCUT2D eigenvalue weighted by atomic mass is 10.1. The van der Waals surface area contributed by atoms with E-state index in [1.54, 1.807) is 4.68 Å². The number of para-hydroxylation sites is 2. The summed E-state index contributed by atoms with van der Waals surface area (Å²) in [6.07, 6.45) is 0.897. The Morgan fingerprint density at radius 1 is 1.16 bits per heavy atom. The maximum atomic E-state index is 12.8. The topological polar surface area (TPSA) is 63.9 Å². The molecule has 0 saturated heterocycles. The minimum Gasteiger partial charge on any atom is -0.308 e. The Labute approximate surface area is 149 Å². The van der Waals surface area contributed by atoms with Crippen molar-refractivity contribution in [1.29, 1.82) is 0 Å². The molecule has 25 heavy (non-hydrogen) atoms. The first-order chi connectivity index (χ1) is 12.2. The van der Waals surface area contributed by atoms with Crippen molar-refractivity contribution in [3.05, 3.63) is 60.2 Å². The zero-order valence-electron chi connectivity index (χ0n) is 13.7. The molecule has 0 saturated carbocycles. The Kier molecular flexibility index (Phi) is 4.23. The van der Waals surface area contributed by atoms with Crippen LogP contribution in [0.2, 0.25) is 0 Å². The van der Waals surface area contributed by atoms with Gasteiger partial charge >= 0.3 is 0 Å². The van der Waals surface area contributed by atoms with Crippen LogP contribution in [0.15, 0.2) is 59.8 Å². The third kappa shape index (κ3) is 3.02. The van der Waals surface area contributed by atoms with Gasteiger partial charge < -0.3 is 4.90 Å². The minimum absolute atomic E-state index is 0.0741. The summed E-state index contributed by atoms with van der Waals surface area (Å²) >= 11 is 1.36. The van der Waals surface area contributed by atoms with Gasteiger partial charge in [0.1, 0.15) is 0 Å². The number of tetrazole rings is 1. The van der Waals surface area contributed by atoms with Crippen LogP contribution in [0.5, 0.6) is 0 Å². The molecule has 6 nitrogen and oxygen atoms in total. The molecule has 0 fully saturated rings. The molecule has 3 aromatic rings. The first kappa shape index (κ1) is 15.8. The summed E-state index contributed by atoms with van der Waals surface area (Å²) in [6, 6.07) is 17.9. The van der Waals surface area contributed by atoms with Crippen molar-refractivity contribution in [3.8, 4) is 5.69 Å². The Balaban J connectivity index is 1.50. The van der Waals surface area contributed by atoms with Gasteiger partial charge in [-0.15, -0.1) is 5.10 Å². The lowest BCUT2D eigenvalue weighted by molar-refractivity contribution is -0.116. The van der Waals surface area contributed by atoms with Crippen molar-refractivity contribution in [2.45, 2.75) is 24.5 Å². The highest BCUT2D eigenvalue weighted by Crippen LogP contribution is 2.32. The summed E-state index contributed by atoms with van der Waals surface area (Å²) in [4.78, 5) is 14.7. The standard InChI is InChI=1S/C18H17N5OS/c1-13-11-14-7-5-6-10-16(14)22(13)17(24)12-25-18-19-20-21-23(18)15-8-3-2-4-9-15/h2-10,13H,11-12H2,1H3. The van der Waals surface area contributed by atoms with E-state index in [1.165, 1.54) is 17.3 Å². The maximum Gasteiger partial charge on any atom is 0.237 e. The molecule has 2 aromatic carbocycles. The van der Waals surface area contributed by atoms with Gasteiger partial charge in [0.25, 0.3) is 0 Å². The van der Waals surface area contributed by atoms with E-state index < -0.39 is 0 Å². The van der Waals surface area contributed by atoms with Crippen LogP contribution in [0.4, 0.5) is 5.69 Å². The van der Waals surface area contributed by atoms with Gasteiger partial charge in [-0.05, 0) is 47.5 Å². The molecule has 1 unspecified atom stereocenters. The monoisotopic (exact) mass is 351 g/mol. The van der Waals surface area contributed by atoms with Gasteiger partial charge in [0.2, 0.25) is 11.1 Å². The van der Waals surface area contributed by atoms with E-state index in [2.05, 4.69) is 28.5 Å². The molecule has 4 rings (SSSR count). The number of fused-ring (bicyclic) bond motifs is 1. The van der Waals surface area contributed by atoms with Crippen molar-refractivity contribution in [3.63, 3.8) is 0 Å². The molecule has 1 amide bonds. The normalized spacial score (nSPS) is 16.0. The summed E-state index contributed by atoms with van der Waals surface area (Å²) in [5, 5.41) is 12.4. The number of carbonyl (C=O) groups is 1. The fourth-order valence-corrected chi connectivity index (χ4v) is 3.89. The first-order valence-corrected chi connectivity index (χ1v) is 9.09. The fraction of sp³-hybridized carbons (Fsp3) is 0.222. The van der Waals surface area contributed by atoms with Crippen molar-refractivity contribution in [2.75, 3.05) is 10.7 Å². The van der Waals surface area contributed by atoms with E-state index in [9.17, 15) is 4.79 Å². The molecule has 0 aliphatic carbocycles. The molecular formula is C18H17N5OS. The molecule has 1 aromatic heterocycles. The Morgan fingerprint density at radius 3 is 2.76 bits per heavy atom. The molecule has 1 aliphatic heterocycles. The van der Waals surface area contributed by atoms with Gasteiger partial charge in [-0.1, -0.05) is 48.2 Å². The zero-order valence-corrected chi connectivity index (χ0v) is 14.6. The SMILES string of the molecule is CC1Cc2ccccc2N1C(=O)CSc1nnnn1-c1ccccc1. The largest absolute Gasteiger partial charge is 0.308 e. The first-order valence-electron chi connectivity index (χ1n) is 8.10. The number of aromatic nitrogens is 4. The van der Waals surface area contributed by atoms with Gasteiger partial charge in [-0.2, -0.15) is 4.68 Å². The summed E-state index contributed by atoms with van der Waals surface area (Å²) in [5.74, 6) is 0.372. The fourth-order valence-electron chi connectivity index (χ4n) is 3.14. The third-order valence-electron chi connectivity index (χ3n) is 4.24. The Morgan fingerprint density at radius 2 is 1.92 bits per heavy atom. The van der Waals surface area contributed by atoms with Crippen molar-refractivity contribution in [2.24, 2.45) is 0 Å². The molecule has 0 spiro atoms. The molecule has 0 bridgehead atoms. The van der Waals surface area contributed by atoms with E-state index in [1.807, 2.05) is 53.4 Å². The van der Waals surface area contributed by atoms with E-state index >= 15 is 0 Å². The highest BCUT2D eigenvalue weighted by Gasteiger charge is 2.30. The predicted molar refractivity (Wildman–Crippen MR) is 97.0 cm³/mol. The average molecular weight is 351 g/mol. The van der Waals surface area contributed by atoms with Crippen molar-refractivity contribution in [1.82, 2.24) is 20.2 Å². The number of anilines is 1. The van der Waals surface area contributed by atoms with E-state index in [0.29, 0.717) is 10.9 Å². The summed E-state index contributed by atoms with van der Waals surface area (Å²) in [7, 11) is 0. The van der Waals surface area contributed by atoms with E-state index in [-0.39, 0.29) is 11.9 Å². The number of benzene rings is 2. The second kappa shape index (κ2) is 6.68. The predicted octanol–water partition coefficient (Wildman–Crippen LogP) is 2.73. The number of rotatable bonds is 4. The zero-order chi connectivity index (χ0) is 17.2. The third-order valence-corrected chi connectivity index (χ3v) is 5.15. The quantitative estimate of drug-likeness (QED) is 0.676. The number of thioether (sulfide) groups is 1. The van der Waals surface area contributed by atoms with Crippen LogP contribution in [-0.4, -0.2) is 37.9 Å². The Bertz CT molecular complexity index is 895. The van der Waals surface area contributed by atoms with Gasteiger partial charge in [-0.3, -0.25) is 4.79 Å². The molecule has 2 heterocycles. The maximum absolute atomic E-state index is 12.8. The molecular weight excluding hydrogens is 334 g/mol. The number of hydrogen-bond acceptors (Lipinski definition) is 5. The van der Waals surface area contributed by atoms with Crippen LogP contribution in [0.25, 0.3) is 5.69 Å². The molecule has 126 valence electrons. The van der Waals surface area contributed by atoms with E-state index in [4.69, 9.17) is 0 Å². The Hall–Kier alpha value is -2.67. The van der Waals surface area contributed by atoms with Crippen molar-refractivity contribution >= 4 is 23.4 Å². The van der Waals surface area contributed by atoms with Crippen LogP contribution in [0.1, 0.15) is 12.5 Å². The molecule has 0 radical (unpaired) electrons. The lowest BCUT2D eigenvalue weighted by Gasteiger charge is -2.22. The number of amides is 1. The highest BCUT2D eigenvalue weighted by atomic mass is 32.2. The summed E-state index contributed by atoms with van der Waals surface area (Å²) < 4.78 is 1.65. The van der Waals surface area contributed by atoms with Crippen molar-refractivity contribution < 1.29 is 4.79 Å².